The van der Waals surface area contributed by atoms with Gasteiger partial charge in [0.25, 0.3) is 0 Å². The van der Waals surface area contributed by atoms with Gasteiger partial charge in [0.1, 0.15) is 11.9 Å². The van der Waals surface area contributed by atoms with E-state index in [0.717, 1.165) is 33.2 Å². The molecule has 1 saturated carbocycles. The molecule has 1 N–H and O–H groups in total. The fraction of sp³-hybridized carbons (Fsp3) is 0.458. The maximum atomic E-state index is 12.2. The molecule has 3 aromatic heterocycles. The van der Waals surface area contributed by atoms with Crippen molar-refractivity contribution in [3.8, 4) is 5.88 Å². The number of likely N-dealkylation sites (tertiary alicyclic amines) is 1. The molecule has 5 rings (SSSR count). The molecule has 7 nitrogen and oxygen atoms in total. The molecule has 1 saturated heterocycles. The van der Waals surface area contributed by atoms with Crippen molar-refractivity contribution in [1.82, 2.24) is 19.4 Å². The maximum Gasteiger partial charge on any atom is 0.246 e. The van der Waals surface area contributed by atoms with Gasteiger partial charge < -0.3 is 19.5 Å². The first-order valence-electron chi connectivity index (χ1n) is 11.3. The minimum absolute atomic E-state index is 0.0522. The van der Waals surface area contributed by atoms with Crippen LogP contribution in [-0.2, 0) is 4.79 Å². The number of nitrogens with one attached hydrogen (secondary N) is 1. The minimum Gasteiger partial charge on any atom is -0.472 e. The van der Waals surface area contributed by atoms with Gasteiger partial charge in [0.15, 0.2) is 5.13 Å². The third-order valence-electron chi connectivity index (χ3n) is 6.53. The van der Waals surface area contributed by atoms with Crippen LogP contribution in [0.2, 0.25) is 0 Å². The van der Waals surface area contributed by atoms with Gasteiger partial charge in [0, 0.05) is 41.8 Å². The zero-order valence-corrected chi connectivity index (χ0v) is 19.4. The summed E-state index contributed by atoms with van der Waals surface area (Å²) in [7, 11) is 0. The first-order chi connectivity index (χ1) is 15.5. The molecular weight excluding hydrogens is 422 g/mol. The Balaban J connectivity index is 1.49. The zero-order chi connectivity index (χ0) is 22.2. The number of pyridine rings is 1. The number of amides is 1. The highest BCUT2D eigenvalue weighted by atomic mass is 32.1. The summed E-state index contributed by atoms with van der Waals surface area (Å²) in [5.74, 6) is 1.29. The average Bonchev–Trinajstić information content (AvgIpc) is 3.55. The van der Waals surface area contributed by atoms with Gasteiger partial charge in [-0.25, -0.2) is 4.98 Å². The van der Waals surface area contributed by atoms with E-state index in [1.165, 1.54) is 31.8 Å². The number of ether oxygens (including phenoxy) is 1. The van der Waals surface area contributed by atoms with E-state index in [1.54, 1.807) is 11.3 Å². The molecular formula is C24H29N5O2S. The normalized spacial score (nSPS) is 21.4. The number of aromatic nitrogens is 3. The van der Waals surface area contributed by atoms with Crippen LogP contribution >= 0.6 is 11.3 Å². The molecule has 0 bridgehead atoms. The molecule has 1 aliphatic heterocycles. The van der Waals surface area contributed by atoms with Gasteiger partial charge in [-0.3, -0.25) is 4.79 Å². The Hall–Kier alpha value is -2.87. The Morgan fingerprint density at radius 2 is 2.19 bits per heavy atom. The van der Waals surface area contributed by atoms with Crippen LogP contribution in [0.5, 0.6) is 5.88 Å². The maximum absolute atomic E-state index is 12.2. The second-order valence-electron chi connectivity index (χ2n) is 8.83. The van der Waals surface area contributed by atoms with Gasteiger partial charge in [-0.1, -0.05) is 19.4 Å². The second kappa shape index (κ2) is 8.58. The third kappa shape index (κ3) is 3.99. The molecule has 1 amide bonds. The SMILES string of the molecule is C=CC(=O)N1C[C@@H](Oc2nc(Nc3ncc(C)s3)cc3c2ccn3C2CCCC2)C[C@H]1C. The molecule has 32 heavy (non-hydrogen) atoms. The summed E-state index contributed by atoms with van der Waals surface area (Å²) in [5, 5.41) is 5.19. The Labute approximate surface area is 192 Å². The van der Waals surface area contributed by atoms with E-state index in [4.69, 9.17) is 9.72 Å². The van der Waals surface area contributed by atoms with E-state index in [2.05, 4.69) is 39.8 Å². The Kier molecular flexibility index (Phi) is 5.63. The summed E-state index contributed by atoms with van der Waals surface area (Å²) >= 11 is 1.60. The quantitative estimate of drug-likeness (QED) is 0.521. The molecule has 2 fully saturated rings. The van der Waals surface area contributed by atoms with Crippen molar-refractivity contribution in [3.05, 3.63) is 42.1 Å². The van der Waals surface area contributed by atoms with Crippen LogP contribution in [0.1, 0.15) is 49.9 Å². The largest absolute Gasteiger partial charge is 0.472 e. The third-order valence-corrected chi connectivity index (χ3v) is 7.36. The number of carbonyl (C=O) groups is 1. The van der Waals surface area contributed by atoms with E-state index in [9.17, 15) is 4.79 Å². The topological polar surface area (TPSA) is 72.3 Å². The number of rotatable bonds is 6. The average molecular weight is 452 g/mol. The van der Waals surface area contributed by atoms with E-state index >= 15 is 0 Å². The lowest BCUT2D eigenvalue weighted by Crippen LogP contribution is -2.33. The van der Waals surface area contributed by atoms with Crippen molar-refractivity contribution in [3.63, 3.8) is 0 Å². The number of thiazole rings is 1. The van der Waals surface area contributed by atoms with Crippen molar-refractivity contribution in [1.29, 1.82) is 0 Å². The smallest absolute Gasteiger partial charge is 0.246 e. The van der Waals surface area contributed by atoms with Crippen LogP contribution in [0.25, 0.3) is 10.9 Å². The predicted molar refractivity (Wildman–Crippen MR) is 128 cm³/mol. The molecule has 0 aromatic carbocycles. The minimum atomic E-state index is -0.100. The highest BCUT2D eigenvalue weighted by Crippen LogP contribution is 2.37. The number of nitrogens with zero attached hydrogens (tertiary/aromatic N) is 4. The van der Waals surface area contributed by atoms with Gasteiger partial charge in [0.2, 0.25) is 11.8 Å². The van der Waals surface area contributed by atoms with Gasteiger partial charge in [-0.2, -0.15) is 4.98 Å². The highest BCUT2D eigenvalue weighted by molar-refractivity contribution is 7.15. The molecule has 2 aliphatic rings. The Bertz CT molecular complexity index is 1150. The van der Waals surface area contributed by atoms with Crippen molar-refractivity contribution in [2.24, 2.45) is 0 Å². The van der Waals surface area contributed by atoms with E-state index < -0.39 is 0 Å². The summed E-state index contributed by atoms with van der Waals surface area (Å²) in [5.41, 5.74) is 1.13. The standard InChI is InChI=1S/C24H29N5O2S/c1-4-22(30)29-14-18(11-15(29)2)31-23-19-9-10-28(17-7-5-6-8-17)20(19)12-21(26-23)27-24-25-13-16(3)32-24/h4,9-10,12-13,15,17-18H,1,5-8,11,14H2,2-3H3,(H,25,26,27)/t15-,18+/m1/s1. The summed E-state index contributed by atoms with van der Waals surface area (Å²) in [6.45, 7) is 8.25. The van der Waals surface area contributed by atoms with Crippen LogP contribution in [0.3, 0.4) is 0 Å². The summed E-state index contributed by atoms with van der Waals surface area (Å²) in [6, 6.07) is 4.84. The number of anilines is 2. The molecule has 0 radical (unpaired) electrons. The Morgan fingerprint density at radius 3 is 2.91 bits per heavy atom. The molecule has 3 aromatic rings. The second-order valence-corrected chi connectivity index (χ2v) is 10.1. The molecule has 2 atom stereocenters. The predicted octanol–water partition coefficient (Wildman–Crippen LogP) is 5.21. The fourth-order valence-corrected chi connectivity index (χ4v) is 5.62. The number of aryl methyl sites for hydroxylation is 1. The van der Waals surface area contributed by atoms with Gasteiger partial charge >= 0.3 is 0 Å². The van der Waals surface area contributed by atoms with Crippen molar-refractivity contribution >= 4 is 39.1 Å². The lowest BCUT2D eigenvalue weighted by Gasteiger charge is -2.19. The molecule has 0 spiro atoms. The zero-order valence-electron chi connectivity index (χ0n) is 18.6. The number of carbonyl (C=O) groups excluding carboxylic acids is 1. The summed E-state index contributed by atoms with van der Waals surface area (Å²) < 4.78 is 8.81. The highest BCUT2D eigenvalue weighted by Gasteiger charge is 2.33. The number of hydrogen-bond acceptors (Lipinski definition) is 6. The van der Waals surface area contributed by atoms with Crippen molar-refractivity contribution in [2.75, 3.05) is 11.9 Å². The fourth-order valence-electron chi connectivity index (χ4n) is 4.95. The number of hydrogen-bond donors (Lipinski definition) is 1. The van der Waals surface area contributed by atoms with Gasteiger partial charge in [0.05, 0.1) is 17.4 Å². The molecule has 4 heterocycles. The van der Waals surface area contributed by atoms with E-state index in [-0.39, 0.29) is 18.1 Å². The van der Waals surface area contributed by atoms with E-state index in [1.807, 2.05) is 24.9 Å². The lowest BCUT2D eigenvalue weighted by atomic mass is 10.2. The van der Waals surface area contributed by atoms with E-state index in [0.29, 0.717) is 18.5 Å². The van der Waals surface area contributed by atoms with Gasteiger partial charge in [-0.05, 0) is 38.8 Å². The monoisotopic (exact) mass is 451 g/mol. The van der Waals surface area contributed by atoms with Crippen molar-refractivity contribution in [2.45, 2.75) is 64.1 Å². The van der Waals surface area contributed by atoms with Crippen LogP contribution < -0.4 is 10.1 Å². The first kappa shape index (κ1) is 21.0. The van der Waals surface area contributed by atoms with Crippen LogP contribution in [0, 0.1) is 6.92 Å². The summed E-state index contributed by atoms with van der Waals surface area (Å²) in [6.07, 6.45) is 11.0. The summed E-state index contributed by atoms with van der Waals surface area (Å²) in [4.78, 5) is 24.4. The molecule has 1 aliphatic carbocycles. The van der Waals surface area contributed by atoms with Crippen molar-refractivity contribution < 1.29 is 9.53 Å². The number of fused-ring (bicyclic) bond motifs is 1. The molecule has 168 valence electrons. The van der Waals surface area contributed by atoms with Gasteiger partial charge in [-0.15, -0.1) is 11.3 Å². The molecule has 8 heteroatoms. The molecule has 0 unspecified atom stereocenters. The van der Waals surface area contributed by atoms with Crippen LogP contribution in [-0.4, -0.2) is 44.0 Å². The lowest BCUT2D eigenvalue weighted by molar-refractivity contribution is -0.126. The first-order valence-corrected chi connectivity index (χ1v) is 12.1. The van der Waals surface area contributed by atoms with Crippen LogP contribution in [0.4, 0.5) is 10.9 Å². The Morgan fingerprint density at radius 1 is 1.38 bits per heavy atom. The van der Waals surface area contributed by atoms with Crippen LogP contribution in [0.15, 0.2) is 37.2 Å².